The van der Waals surface area contributed by atoms with E-state index in [0.29, 0.717) is 16.6 Å². The predicted octanol–water partition coefficient (Wildman–Crippen LogP) is 4.40. The van der Waals surface area contributed by atoms with Crippen molar-refractivity contribution in [1.29, 1.82) is 0 Å². The maximum Gasteiger partial charge on any atom is 0.334 e. The number of nitrogens with one attached hydrogen (secondary N) is 1. The van der Waals surface area contributed by atoms with E-state index in [4.69, 9.17) is 9.05 Å². The Morgan fingerprint density at radius 3 is 2.46 bits per heavy atom. The lowest BCUT2D eigenvalue weighted by Gasteiger charge is -2.38. The molecule has 0 aliphatic carbocycles. The van der Waals surface area contributed by atoms with Crippen LogP contribution in [-0.2, 0) is 13.8 Å². The van der Waals surface area contributed by atoms with Crippen LogP contribution in [0, 0.1) is 10.1 Å². The number of carboxylic acid groups (broad SMARTS) is 1. The summed E-state index contributed by atoms with van der Waals surface area (Å²) in [6, 6.07) is 6.09. The van der Waals surface area contributed by atoms with Gasteiger partial charge in [0.25, 0.3) is 5.69 Å². The highest BCUT2D eigenvalue weighted by Gasteiger charge is 2.41. The van der Waals surface area contributed by atoms with Crippen LogP contribution < -0.4 is 5.32 Å². The molecule has 1 fully saturated rings. The van der Waals surface area contributed by atoms with Gasteiger partial charge in [-0.3, -0.25) is 10.1 Å². The first-order chi connectivity index (χ1) is 13.2. The Bertz CT molecular complexity index is 871. The molecular formula is C19H23N2O6P. The zero-order valence-corrected chi connectivity index (χ0v) is 17.0. The summed E-state index contributed by atoms with van der Waals surface area (Å²) in [7, 11) is -1.52. The number of nitrogens with zero attached hydrogens (tertiary/aromatic N) is 1. The third-order valence-corrected chi connectivity index (χ3v) is 6.87. The lowest BCUT2D eigenvalue weighted by atomic mass is 9.86. The number of benzene rings is 1. The zero-order chi connectivity index (χ0) is 20.6. The highest BCUT2D eigenvalue weighted by atomic mass is 31.2. The average Bonchev–Trinajstić information content (AvgIpc) is 2.59. The summed E-state index contributed by atoms with van der Waals surface area (Å²) in [6.07, 6.45) is 0.697. The molecule has 28 heavy (non-hydrogen) atoms. The molecule has 1 aromatic carbocycles. The van der Waals surface area contributed by atoms with Crippen LogP contribution in [0.3, 0.4) is 0 Å². The molecule has 8 nitrogen and oxygen atoms in total. The zero-order valence-electron chi connectivity index (χ0n) is 16.1. The van der Waals surface area contributed by atoms with Gasteiger partial charge in [0, 0.05) is 41.2 Å². The van der Waals surface area contributed by atoms with Crippen molar-refractivity contribution in [3.05, 3.63) is 62.2 Å². The Kier molecular flexibility index (Phi) is 5.84. The van der Waals surface area contributed by atoms with Crippen molar-refractivity contribution in [2.75, 3.05) is 0 Å². The molecule has 9 heteroatoms. The predicted molar refractivity (Wildman–Crippen MR) is 105 cm³/mol. The van der Waals surface area contributed by atoms with Crippen LogP contribution >= 0.6 is 8.38 Å². The third kappa shape index (κ3) is 3.94. The average molecular weight is 406 g/mol. The number of rotatable bonds is 4. The minimum absolute atomic E-state index is 0.0267. The van der Waals surface area contributed by atoms with Gasteiger partial charge >= 0.3 is 5.97 Å². The molecule has 0 radical (unpaired) electrons. The Morgan fingerprint density at radius 1 is 1.25 bits per heavy atom. The largest absolute Gasteiger partial charge is 0.478 e. The van der Waals surface area contributed by atoms with Gasteiger partial charge < -0.3 is 19.5 Å². The molecule has 2 heterocycles. The fourth-order valence-corrected chi connectivity index (χ4v) is 5.59. The number of allylic oxidation sites excluding steroid dienone is 3. The number of non-ortho nitro benzene ring substituents is 1. The van der Waals surface area contributed by atoms with Crippen LogP contribution in [0.1, 0.15) is 45.6 Å². The lowest BCUT2D eigenvalue weighted by molar-refractivity contribution is -0.384. The van der Waals surface area contributed by atoms with E-state index < -0.39 is 25.2 Å². The number of hydrogen-bond acceptors (Lipinski definition) is 6. The molecule has 1 unspecified atom stereocenters. The first-order valence-electron chi connectivity index (χ1n) is 8.99. The summed E-state index contributed by atoms with van der Waals surface area (Å²) in [5.41, 5.74) is 1.84. The van der Waals surface area contributed by atoms with Crippen LogP contribution in [0.2, 0.25) is 0 Å². The van der Waals surface area contributed by atoms with Crippen LogP contribution in [0.4, 0.5) is 5.69 Å². The molecule has 2 aliphatic heterocycles. The second-order valence-electron chi connectivity index (χ2n) is 7.09. The summed E-state index contributed by atoms with van der Waals surface area (Å²) in [6.45, 7) is 7.46. The van der Waals surface area contributed by atoms with E-state index in [1.807, 2.05) is 20.8 Å². The van der Waals surface area contributed by atoms with Crippen molar-refractivity contribution < 1.29 is 23.9 Å². The normalized spacial score (nSPS) is 28.1. The van der Waals surface area contributed by atoms with Crippen LogP contribution in [0.15, 0.2) is 46.5 Å². The van der Waals surface area contributed by atoms with Gasteiger partial charge in [0.1, 0.15) is 0 Å². The molecule has 1 saturated heterocycles. The Hall–Kier alpha value is -2.28. The van der Waals surface area contributed by atoms with Gasteiger partial charge in [-0.05, 0) is 33.3 Å². The maximum absolute atomic E-state index is 12.1. The number of hydrogen-bond donors (Lipinski definition) is 2. The van der Waals surface area contributed by atoms with Gasteiger partial charge in [0.15, 0.2) is 0 Å². The molecule has 3 rings (SSSR count). The molecule has 150 valence electrons. The highest BCUT2D eigenvalue weighted by Crippen LogP contribution is 2.61. The fourth-order valence-electron chi connectivity index (χ4n) is 3.67. The van der Waals surface area contributed by atoms with Gasteiger partial charge in [-0.1, -0.05) is 12.1 Å². The Labute approximate surface area is 164 Å². The van der Waals surface area contributed by atoms with Gasteiger partial charge in [-0.2, -0.15) is 0 Å². The standard InChI is InChI=1S/C19H23N2O6P/c1-10-8-11(2)27-28(26-10)18-13(4)20-12(3)16(19(22)23)17(18)14-6-5-7-15(9-14)21(24)25/h5-7,9-11,17,20H,8H2,1-4H3,(H,22,23)/t10-,11-,17?/m0/s1. The van der Waals surface area contributed by atoms with Crippen LogP contribution in [-0.4, -0.2) is 28.2 Å². The summed E-state index contributed by atoms with van der Waals surface area (Å²) in [5, 5.41) is 25.0. The molecule has 0 spiro atoms. The number of nitro groups is 1. The second-order valence-corrected chi connectivity index (χ2v) is 8.51. The minimum Gasteiger partial charge on any atom is -0.478 e. The first kappa shape index (κ1) is 20.5. The molecule has 0 saturated carbocycles. The number of nitro benzene ring substituents is 1. The van der Waals surface area contributed by atoms with E-state index >= 15 is 0 Å². The lowest BCUT2D eigenvalue weighted by Crippen LogP contribution is -2.30. The quantitative estimate of drug-likeness (QED) is 0.433. The number of dihydropyridines is 1. The van der Waals surface area contributed by atoms with Crippen molar-refractivity contribution in [2.24, 2.45) is 0 Å². The smallest absolute Gasteiger partial charge is 0.334 e. The second kappa shape index (κ2) is 7.99. The minimum atomic E-state index is -1.52. The van der Waals surface area contributed by atoms with E-state index in [1.165, 1.54) is 12.1 Å². The van der Waals surface area contributed by atoms with E-state index in [0.717, 1.165) is 12.1 Å². The highest BCUT2D eigenvalue weighted by molar-refractivity contribution is 7.52. The molecule has 0 bridgehead atoms. The van der Waals surface area contributed by atoms with Crippen LogP contribution in [0.25, 0.3) is 0 Å². The van der Waals surface area contributed by atoms with E-state index in [2.05, 4.69) is 5.32 Å². The van der Waals surface area contributed by atoms with Crippen molar-refractivity contribution in [1.82, 2.24) is 5.32 Å². The topological polar surface area (TPSA) is 111 Å². The number of carbonyl (C=O) groups is 1. The Morgan fingerprint density at radius 2 is 1.89 bits per heavy atom. The summed E-state index contributed by atoms with van der Waals surface area (Å²) >= 11 is 0. The van der Waals surface area contributed by atoms with Crippen molar-refractivity contribution >= 4 is 20.0 Å². The van der Waals surface area contributed by atoms with Crippen molar-refractivity contribution in [2.45, 2.75) is 52.2 Å². The molecule has 1 aromatic rings. The van der Waals surface area contributed by atoms with Gasteiger partial charge in [-0.15, -0.1) is 0 Å². The Balaban J connectivity index is 2.15. The number of carboxylic acids is 1. The molecular weight excluding hydrogens is 383 g/mol. The molecule has 3 atom stereocenters. The summed E-state index contributed by atoms with van der Waals surface area (Å²) in [5.74, 6) is -1.78. The third-order valence-electron chi connectivity index (χ3n) is 4.78. The molecule has 0 amide bonds. The maximum atomic E-state index is 12.1. The van der Waals surface area contributed by atoms with Gasteiger partial charge in [0.2, 0.25) is 8.38 Å². The van der Waals surface area contributed by atoms with E-state index in [-0.39, 0.29) is 23.5 Å². The molecule has 2 aliphatic rings. The van der Waals surface area contributed by atoms with Gasteiger partial charge in [0.05, 0.1) is 22.7 Å². The van der Waals surface area contributed by atoms with Gasteiger partial charge in [-0.25, -0.2) is 4.79 Å². The van der Waals surface area contributed by atoms with E-state index in [9.17, 15) is 20.0 Å². The van der Waals surface area contributed by atoms with Crippen LogP contribution in [0.5, 0.6) is 0 Å². The fraction of sp³-hybridized carbons (Fsp3) is 0.421. The van der Waals surface area contributed by atoms with E-state index in [1.54, 1.807) is 19.1 Å². The van der Waals surface area contributed by atoms with Crippen molar-refractivity contribution in [3.63, 3.8) is 0 Å². The summed E-state index contributed by atoms with van der Waals surface area (Å²) < 4.78 is 12.1. The molecule has 2 N–H and O–H groups in total. The first-order valence-corrected chi connectivity index (χ1v) is 10.2. The van der Waals surface area contributed by atoms with Crippen molar-refractivity contribution in [3.8, 4) is 0 Å². The SMILES string of the molecule is CC1=C(C(=O)O)C(c2cccc([N+](=O)[O-])c2)C(P2O[C@@H](C)C[C@H](C)O2)=C(C)N1. The monoisotopic (exact) mass is 406 g/mol. The molecule has 0 aromatic heterocycles. The summed E-state index contributed by atoms with van der Waals surface area (Å²) in [4.78, 5) is 22.9. The number of aliphatic carboxylic acids is 1.